The zero-order chi connectivity index (χ0) is 69.8. The van der Waals surface area contributed by atoms with Gasteiger partial charge in [-0.15, -0.1) is 0 Å². The van der Waals surface area contributed by atoms with Crippen molar-refractivity contribution in [1.82, 2.24) is 9.13 Å². The minimum absolute atomic E-state index is 0.0802. The third-order valence-electron chi connectivity index (χ3n) is 24.6. The van der Waals surface area contributed by atoms with E-state index in [1.165, 1.54) is 122 Å². The molecule has 0 amide bonds. The second-order valence-corrected chi connectivity index (χ2v) is 33.0. The Morgan fingerprint density at radius 3 is 1.12 bits per heavy atom. The summed E-state index contributed by atoms with van der Waals surface area (Å²) in [5.74, 6) is 1.76. The summed E-state index contributed by atoms with van der Waals surface area (Å²) in [5, 5.41) is 4.85. The molecule has 0 bridgehead atoms. The molecule has 0 saturated carbocycles. The molecule has 16 aromatic rings. The van der Waals surface area contributed by atoms with Crippen molar-refractivity contribution in [2.75, 3.05) is 9.80 Å². The van der Waals surface area contributed by atoms with Crippen LogP contribution in [0.3, 0.4) is 0 Å². The van der Waals surface area contributed by atoms with Crippen molar-refractivity contribution < 1.29 is 4.74 Å². The standard InChI is InChI=1S/C98H75BN4O/c1-94(2,3)58-48-50-80-68(52-58)69-53-60(96(7,8)9)55-79-91(69)103(80)87-56-61(57-89-90(87)99(79)78-54-59(95(4,5)6)49-51-88(78)104-89)100-92-66(32-26-46-85(92)101-81-42-22-18-38-74(81)97(75-39-19-23-43-82(75)101)70-34-14-10-28-62(70)63-29-11-15-35-71(63)97)67-33-27-47-86(93(67)100)102-83-44-24-20-40-76(83)98(77-41-21-25-45-84(77)102)72-36-16-12-30-64(72)65-31-13-17-37-73(65)98/h10-57H,1-9H3. The summed E-state index contributed by atoms with van der Waals surface area (Å²) in [7, 11) is 0. The van der Waals surface area contributed by atoms with E-state index in [1.54, 1.807) is 0 Å². The van der Waals surface area contributed by atoms with Crippen LogP contribution in [0.5, 0.6) is 11.5 Å². The Bertz CT molecular complexity index is 6070. The summed E-state index contributed by atoms with van der Waals surface area (Å²) in [6.45, 7) is 21.0. The van der Waals surface area contributed by atoms with Gasteiger partial charge in [0.05, 0.1) is 67.2 Å². The quantitative estimate of drug-likeness (QED) is 0.165. The third kappa shape index (κ3) is 7.54. The molecular formula is C98H75BN4O. The number of rotatable bonds is 3. The van der Waals surface area contributed by atoms with Crippen LogP contribution in [-0.4, -0.2) is 15.8 Å². The molecule has 6 heterocycles. The monoisotopic (exact) mass is 1330 g/mol. The molecule has 0 N–H and O–H groups in total. The minimum Gasteiger partial charge on any atom is -0.458 e. The maximum absolute atomic E-state index is 7.77. The van der Waals surface area contributed by atoms with Crippen molar-refractivity contribution in [2.24, 2.45) is 0 Å². The van der Waals surface area contributed by atoms with Gasteiger partial charge in [-0.05, 0) is 183 Å². The van der Waals surface area contributed by atoms with E-state index >= 15 is 0 Å². The van der Waals surface area contributed by atoms with Crippen LogP contribution in [-0.2, 0) is 27.1 Å². The van der Waals surface area contributed by atoms with Crippen molar-refractivity contribution in [3.63, 3.8) is 0 Å². The predicted octanol–water partition coefficient (Wildman–Crippen LogP) is 23.0. The molecule has 0 atom stereocenters. The average Bonchev–Trinajstić information content (AvgIpc) is 1.45. The largest absolute Gasteiger partial charge is 0.458 e. The Morgan fingerprint density at radius 1 is 0.279 bits per heavy atom. The molecule has 104 heavy (non-hydrogen) atoms. The summed E-state index contributed by atoms with van der Waals surface area (Å²) in [6.07, 6.45) is 0. The predicted molar refractivity (Wildman–Crippen MR) is 433 cm³/mol. The van der Waals surface area contributed by atoms with Gasteiger partial charge >= 0.3 is 0 Å². The number of benzene rings is 14. The van der Waals surface area contributed by atoms with Crippen molar-refractivity contribution in [2.45, 2.75) is 89.4 Å². The maximum Gasteiger partial charge on any atom is 0.256 e. The topological polar surface area (TPSA) is 25.6 Å². The summed E-state index contributed by atoms with van der Waals surface area (Å²) >= 11 is 0. The maximum atomic E-state index is 7.77. The average molecular weight is 1340 g/mol. The number of anilines is 6. The van der Waals surface area contributed by atoms with E-state index in [0.29, 0.717) is 0 Å². The highest BCUT2D eigenvalue weighted by atomic mass is 16.5. The van der Waals surface area contributed by atoms with E-state index < -0.39 is 10.8 Å². The number of hydrogen-bond donors (Lipinski definition) is 0. The first-order valence-electron chi connectivity index (χ1n) is 37.1. The molecule has 5 nitrogen and oxygen atoms in total. The first-order valence-corrected chi connectivity index (χ1v) is 37.1. The van der Waals surface area contributed by atoms with Gasteiger partial charge in [0.25, 0.3) is 6.71 Å². The Balaban J connectivity index is 0.886. The van der Waals surface area contributed by atoms with E-state index in [4.69, 9.17) is 4.74 Å². The van der Waals surface area contributed by atoms with Gasteiger partial charge in [-0.2, -0.15) is 0 Å². The highest BCUT2D eigenvalue weighted by molar-refractivity contribution is 6.99. The third-order valence-corrected chi connectivity index (χ3v) is 24.6. The highest BCUT2D eigenvalue weighted by Crippen LogP contribution is 2.67. The number of fused-ring (bicyclic) bond motifs is 28. The number of ether oxygens (including phenoxy) is 1. The van der Waals surface area contributed by atoms with Crippen molar-refractivity contribution in [1.29, 1.82) is 0 Å². The first kappa shape index (κ1) is 59.8. The molecule has 0 fully saturated rings. The Morgan fingerprint density at radius 2 is 0.663 bits per heavy atom. The molecule has 6 aliphatic rings. The lowest BCUT2D eigenvalue weighted by Crippen LogP contribution is -2.58. The first-order chi connectivity index (χ1) is 50.5. The van der Waals surface area contributed by atoms with Crippen molar-refractivity contribution in [3.8, 4) is 45.1 Å². The molecule has 6 heteroatoms. The van der Waals surface area contributed by atoms with Crippen LogP contribution in [0.25, 0.3) is 77.2 Å². The normalized spacial score (nSPS) is 15.0. The molecular weight excluding hydrogens is 1260 g/mol. The van der Waals surface area contributed by atoms with E-state index in [-0.39, 0.29) is 23.0 Å². The highest BCUT2D eigenvalue weighted by Gasteiger charge is 2.54. The van der Waals surface area contributed by atoms with Gasteiger partial charge in [-0.25, -0.2) is 0 Å². The second kappa shape index (κ2) is 20.5. The summed E-state index contributed by atoms with van der Waals surface area (Å²) in [6, 6.07) is 112. The van der Waals surface area contributed by atoms with E-state index in [0.717, 1.165) is 78.8 Å². The fourth-order valence-electron chi connectivity index (χ4n) is 20.1. The smallest absolute Gasteiger partial charge is 0.256 e. The van der Waals surface area contributed by atoms with Crippen LogP contribution in [0.4, 0.5) is 34.1 Å². The van der Waals surface area contributed by atoms with E-state index in [9.17, 15) is 0 Å². The van der Waals surface area contributed by atoms with Gasteiger partial charge in [-0.3, -0.25) is 0 Å². The lowest BCUT2D eigenvalue weighted by atomic mass is 9.34. The van der Waals surface area contributed by atoms with Gasteiger partial charge in [0.2, 0.25) is 0 Å². The molecule has 0 radical (unpaired) electrons. The second-order valence-electron chi connectivity index (χ2n) is 33.0. The summed E-state index contributed by atoms with van der Waals surface area (Å²) in [4.78, 5) is 5.22. The molecule has 22 rings (SSSR count). The Labute approximate surface area is 607 Å². The molecule has 4 aliphatic heterocycles. The van der Waals surface area contributed by atoms with Crippen LogP contribution < -0.4 is 30.9 Å². The molecule has 496 valence electrons. The zero-order valence-corrected chi connectivity index (χ0v) is 60.0. The number of para-hydroxylation sites is 6. The molecule has 0 saturated heterocycles. The number of nitrogens with zero attached hydrogens (tertiary/aromatic N) is 4. The number of hydrogen-bond acceptors (Lipinski definition) is 3. The molecule has 14 aromatic carbocycles. The van der Waals surface area contributed by atoms with Gasteiger partial charge in [0, 0.05) is 38.8 Å². The summed E-state index contributed by atoms with van der Waals surface area (Å²) < 4.78 is 13.1. The van der Waals surface area contributed by atoms with Crippen molar-refractivity contribution in [3.05, 3.63) is 352 Å². The Kier molecular flexibility index (Phi) is 11.8. The fraction of sp³-hybridized carbons (Fsp3) is 0.143. The molecule has 2 aliphatic carbocycles. The fourth-order valence-corrected chi connectivity index (χ4v) is 20.1. The van der Waals surface area contributed by atoms with Crippen molar-refractivity contribution >= 4 is 101 Å². The van der Waals surface area contributed by atoms with Gasteiger partial charge in [-0.1, -0.05) is 281 Å². The lowest BCUT2D eigenvalue weighted by molar-refractivity contribution is 0.486. The Hall–Kier alpha value is -11.9. The van der Waals surface area contributed by atoms with Crippen LogP contribution in [0.1, 0.15) is 124 Å². The molecule has 0 unspecified atom stereocenters. The minimum atomic E-state index is -0.598. The van der Waals surface area contributed by atoms with Crippen LogP contribution in [0.15, 0.2) is 291 Å². The SMILES string of the molecule is CC(C)(C)c1ccc2c(c1)B1c3c(cc(-n4c5c(N6c7ccccc7C7(c8ccccc8-c8ccccc87)c7ccccc76)cccc5c5cccc(N6c7ccccc7C7(c8ccccc8-c8ccccc87)c7ccccc76)c54)cc3-n3c4ccc(C(C)(C)C)cc4c4cc(C(C)(C)C)cc1c43)O2. The summed E-state index contributed by atoms with van der Waals surface area (Å²) in [5.41, 5.74) is 35.0. The molecule has 2 spiro atoms. The zero-order valence-electron chi connectivity index (χ0n) is 60.0. The van der Waals surface area contributed by atoms with E-state index in [1.807, 2.05) is 0 Å². The van der Waals surface area contributed by atoms with Crippen LogP contribution in [0, 0.1) is 0 Å². The number of aromatic nitrogens is 2. The molecule has 2 aromatic heterocycles. The van der Waals surface area contributed by atoms with Gasteiger partial charge < -0.3 is 23.7 Å². The lowest BCUT2D eigenvalue weighted by Gasteiger charge is -2.45. The van der Waals surface area contributed by atoms with Crippen LogP contribution in [0.2, 0.25) is 0 Å². The van der Waals surface area contributed by atoms with Crippen LogP contribution >= 0.6 is 0 Å². The van der Waals surface area contributed by atoms with E-state index in [2.05, 4.69) is 372 Å². The van der Waals surface area contributed by atoms with Gasteiger partial charge in [0.1, 0.15) is 11.5 Å². The van der Waals surface area contributed by atoms with Gasteiger partial charge in [0.15, 0.2) is 0 Å².